The minimum Gasteiger partial charge on any atom is -0.458 e. The summed E-state index contributed by atoms with van der Waals surface area (Å²) < 4.78 is 5.22. The normalized spacial score (nSPS) is 12.6. The van der Waals surface area contributed by atoms with E-state index in [1.54, 1.807) is 39.5 Å². The van der Waals surface area contributed by atoms with Crippen molar-refractivity contribution in [3.8, 4) is 0 Å². The molecule has 1 atom stereocenters. The molecule has 0 aromatic heterocycles. The zero-order valence-corrected chi connectivity index (χ0v) is 13.8. The molecule has 0 unspecified atom stereocenters. The zero-order valence-electron chi connectivity index (χ0n) is 13.0. The molecule has 0 aliphatic heterocycles. The van der Waals surface area contributed by atoms with Gasteiger partial charge in [-0.05, 0) is 39.8 Å². The molecule has 1 N–H and O–H groups in total. The minimum absolute atomic E-state index is 0.142. The van der Waals surface area contributed by atoms with Gasteiger partial charge in [0.1, 0.15) is 11.6 Å². The van der Waals surface area contributed by atoms with Gasteiger partial charge in [0.2, 0.25) is 5.91 Å². The van der Waals surface area contributed by atoms with Crippen LogP contribution in [0.25, 0.3) is 0 Å². The van der Waals surface area contributed by atoms with Crippen molar-refractivity contribution >= 4 is 23.6 Å². The van der Waals surface area contributed by atoms with E-state index in [0.29, 0.717) is 12.2 Å². The number of esters is 1. The largest absolute Gasteiger partial charge is 0.458 e. The smallest absolute Gasteiger partial charge is 0.328 e. The Labute approximate surface area is 130 Å². The molecule has 4 nitrogen and oxygen atoms in total. The third-order valence-corrected chi connectivity index (χ3v) is 3.49. The summed E-state index contributed by atoms with van der Waals surface area (Å²) in [5.41, 5.74) is -0.542. The Hall–Kier alpha value is -1.49. The van der Waals surface area contributed by atoms with E-state index in [4.69, 9.17) is 4.74 Å². The Balaban J connectivity index is 2.28. The van der Waals surface area contributed by atoms with Crippen molar-refractivity contribution in [2.24, 2.45) is 0 Å². The Morgan fingerprint density at radius 2 is 1.86 bits per heavy atom. The zero-order chi connectivity index (χ0) is 15.9. The lowest BCUT2D eigenvalue weighted by atomic mass is 10.2. The number of ether oxygens (including phenoxy) is 1. The highest BCUT2D eigenvalue weighted by Crippen LogP contribution is 2.17. The summed E-state index contributed by atoms with van der Waals surface area (Å²) in [6.07, 6.45) is 0.368. The summed E-state index contributed by atoms with van der Waals surface area (Å²) in [4.78, 5) is 24.7. The van der Waals surface area contributed by atoms with Gasteiger partial charge < -0.3 is 10.1 Å². The lowest BCUT2D eigenvalue weighted by Gasteiger charge is -2.22. The third kappa shape index (κ3) is 7.75. The second-order valence-corrected chi connectivity index (χ2v) is 6.90. The molecule has 0 aliphatic rings. The minimum atomic E-state index is -0.626. The maximum atomic E-state index is 11.8. The van der Waals surface area contributed by atoms with Gasteiger partial charge in [-0.2, -0.15) is 0 Å². The fourth-order valence-electron chi connectivity index (χ4n) is 1.54. The van der Waals surface area contributed by atoms with Crippen molar-refractivity contribution in [3.63, 3.8) is 0 Å². The predicted molar refractivity (Wildman–Crippen MR) is 85.2 cm³/mol. The van der Waals surface area contributed by atoms with Crippen LogP contribution in [0.1, 0.15) is 34.1 Å². The van der Waals surface area contributed by atoms with E-state index in [9.17, 15) is 9.59 Å². The average Bonchev–Trinajstić information content (AvgIpc) is 2.37. The topological polar surface area (TPSA) is 55.4 Å². The first kappa shape index (κ1) is 17.6. The van der Waals surface area contributed by atoms with Crippen molar-refractivity contribution in [1.82, 2.24) is 5.32 Å². The first-order valence-corrected chi connectivity index (χ1v) is 7.96. The molecule has 0 heterocycles. The number of benzene rings is 1. The number of nitrogens with one attached hydrogen (secondary N) is 1. The molecule has 21 heavy (non-hydrogen) atoms. The molecule has 0 saturated heterocycles. The van der Waals surface area contributed by atoms with Gasteiger partial charge in [-0.1, -0.05) is 18.2 Å². The van der Waals surface area contributed by atoms with Gasteiger partial charge in [-0.3, -0.25) is 4.79 Å². The molecular formula is C16H23NO3S. The van der Waals surface area contributed by atoms with Crippen LogP contribution in [0, 0.1) is 0 Å². The first-order valence-electron chi connectivity index (χ1n) is 6.98. The first-order chi connectivity index (χ1) is 9.78. The highest BCUT2D eigenvalue weighted by atomic mass is 32.2. The van der Waals surface area contributed by atoms with Gasteiger partial charge in [-0.25, -0.2) is 4.79 Å². The molecule has 116 valence electrons. The summed E-state index contributed by atoms with van der Waals surface area (Å²) in [6, 6.07) is 9.27. The number of amides is 1. The van der Waals surface area contributed by atoms with Crippen LogP contribution in [-0.4, -0.2) is 29.3 Å². The molecule has 1 aromatic rings. The Morgan fingerprint density at radius 1 is 1.24 bits per heavy atom. The number of hydrogen-bond acceptors (Lipinski definition) is 4. The number of rotatable bonds is 6. The monoisotopic (exact) mass is 309 g/mol. The van der Waals surface area contributed by atoms with Crippen LogP contribution in [0.15, 0.2) is 35.2 Å². The van der Waals surface area contributed by atoms with E-state index in [0.717, 1.165) is 4.90 Å². The fourth-order valence-corrected chi connectivity index (χ4v) is 2.41. The maximum absolute atomic E-state index is 11.8. The Bertz CT molecular complexity index is 468. The second-order valence-electron chi connectivity index (χ2n) is 5.73. The summed E-state index contributed by atoms with van der Waals surface area (Å²) in [7, 11) is 0. The number of hydrogen-bond donors (Lipinski definition) is 1. The molecule has 1 amide bonds. The predicted octanol–water partition coefficient (Wildman–Crippen LogP) is 3.02. The average molecular weight is 309 g/mol. The van der Waals surface area contributed by atoms with Crippen LogP contribution in [-0.2, 0) is 14.3 Å². The van der Waals surface area contributed by atoms with E-state index < -0.39 is 17.6 Å². The molecular weight excluding hydrogens is 286 g/mol. The SMILES string of the molecule is C[C@@H](NC(=O)CCSc1ccccc1)C(=O)OC(C)(C)C. The standard InChI is InChI=1S/C16H23NO3S/c1-12(15(19)20-16(2,3)4)17-14(18)10-11-21-13-8-6-5-7-9-13/h5-9,12H,10-11H2,1-4H3,(H,17,18)/t12-/m1/s1. The summed E-state index contributed by atoms with van der Waals surface area (Å²) >= 11 is 1.62. The van der Waals surface area contributed by atoms with Crippen LogP contribution >= 0.6 is 11.8 Å². The fraction of sp³-hybridized carbons (Fsp3) is 0.500. The highest BCUT2D eigenvalue weighted by Gasteiger charge is 2.22. The van der Waals surface area contributed by atoms with Gasteiger partial charge in [0.15, 0.2) is 0 Å². The van der Waals surface area contributed by atoms with E-state index in [2.05, 4.69) is 5.32 Å². The number of carbonyl (C=O) groups excluding carboxylic acids is 2. The van der Waals surface area contributed by atoms with Gasteiger partial charge in [0.05, 0.1) is 0 Å². The van der Waals surface area contributed by atoms with Crippen LogP contribution in [0.2, 0.25) is 0 Å². The van der Waals surface area contributed by atoms with Gasteiger partial charge in [0, 0.05) is 17.1 Å². The quantitative estimate of drug-likeness (QED) is 0.648. The van der Waals surface area contributed by atoms with Crippen LogP contribution < -0.4 is 5.32 Å². The molecule has 0 spiro atoms. The van der Waals surface area contributed by atoms with Gasteiger partial charge in [-0.15, -0.1) is 11.8 Å². The molecule has 5 heteroatoms. The highest BCUT2D eigenvalue weighted by molar-refractivity contribution is 7.99. The van der Waals surface area contributed by atoms with Crippen molar-refractivity contribution in [1.29, 1.82) is 0 Å². The summed E-state index contributed by atoms with van der Waals surface area (Å²) in [6.45, 7) is 7.04. The second kappa shape index (κ2) is 8.08. The van der Waals surface area contributed by atoms with Gasteiger partial charge in [0.25, 0.3) is 0 Å². The van der Waals surface area contributed by atoms with Crippen LogP contribution in [0.4, 0.5) is 0 Å². The molecule has 0 radical (unpaired) electrons. The summed E-state index contributed by atoms with van der Waals surface area (Å²) in [5, 5.41) is 2.66. The third-order valence-electron chi connectivity index (χ3n) is 2.48. The molecule has 0 saturated carbocycles. The molecule has 1 aromatic carbocycles. The van der Waals surface area contributed by atoms with Crippen molar-refractivity contribution < 1.29 is 14.3 Å². The summed E-state index contributed by atoms with van der Waals surface area (Å²) in [5.74, 6) is 0.125. The van der Waals surface area contributed by atoms with Crippen molar-refractivity contribution in [2.45, 2.75) is 50.7 Å². The van der Waals surface area contributed by atoms with Gasteiger partial charge >= 0.3 is 5.97 Å². The Morgan fingerprint density at radius 3 is 2.43 bits per heavy atom. The molecule has 0 bridgehead atoms. The lowest BCUT2D eigenvalue weighted by Crippen LogP contribution is -2.42. The molecule has 0 aliphatic carbocycles. The maximum Gasteiger partial charge on any atom is 0.328 e. The van der Waals surface area contributed by atoms with E-state index in [-0.39, 0.29) is 5.91 Å². The van der Waals surface area contributed by atoms with E-state index in [1.807, 2.05) is 30.3 Å². The van der Waals surface area contributed by atoms with E-state index >= 15 is 0 Å². The number of thioether (sulfide) groups is 1. The number of carbonyl (C=O) groups is 2. The molecule has 1 rings (SSSR count). The molecule has 0 fully saturated rings. The van der Waals surface area contributed by atoms with Crippen molar-refractivity contribution in [2.75, 3.05) is 5.75 Å². The van der Waals surface area contributed by atoms with Crippen LogP contribution in [0.5, 0.6) is 0 Å². The lowest BCUT2D eigenvalue weighted by molar-refractivity contribution is -0.158. The van der Waals surface area contributed by atoms with E-state index in [1.165, 1.54) is 0 Å². The van der Waals surface area contributed by atoms with Crippen molar-refractivity contribution in [3.05, 3.63) is 30.3 Å². The van der Waals surface area contributed by atoms with Crippen LogP contribution in [0.3, 0.4) is 0 Å². The Kier molecular flexibility index (Phi) is 6.75.